The summed E-state index contributed by atoms with van der Waals surface area (Å²) in [7, 11) is 1.65. The highest BCUT2D eigenvalue weighted by Gasteiger charge is 2.29. The number of aryl methyl sites for hydroxylation is 2. The molecule has 1 fully saturated rings. The summed E-state index contributed by atoms with van der Waals surface area (Å²) < 4.78 is 41.9. The molecule has 3 aromatic heterocycles. The van der Waals surface area contributed by atoms with Gasteiger partial charge in [0.05, 0.1) is 37.3 Å². The zero-order chi connectivity index (χ0) is 27.8. The highest BCUT2D eigenvalue weighted by atomic mass is 19.1. The van der Waals surface area contributed by atoms with Crippen molar-refractivity contribution >= 4 is 11.2 Å². The Morgan fingerprint density at radius 3 is 2.58 bits per heavy atom. The molecule has 40 heavy (non-hydrogen) atoms. The fraction of sp³-hybridized carbons (Fsp3) is 0.300. The molecule has 0 N–H and O–H groups in total. The fourth-order valence-electron chi connectivity index (χ4n) is 4.99. The van der Waals surface area contributed by atoms with Gasteiger partial charge in [-0.25, -0.2) is 28.7 Å². The molecule has 0 unspecified atom stereocenters. The van der Waals surface area contributed by atoms with E-state index in [0.29, 0.717) is 54.4 Å². The molecule has 1 aliphatic rings. The molecule has 204 valence electrons. The van der Waals surface area contributed by atoms with E-state index in [0.717, 1.165) is 28.6 Å². The molecule has 0 amide bonds. The van der Waals surface area contributed by atoms with E-state index < -0.39 is 11.6 Å². The lowest BCUT2D eigenvalue weighted by Gasteiger charge is -2.28. The number of rotatable bonds is 6. The second-order valence-electron chi connectivity index (χ2n) is 10.0. The predicted molar refractivity (Wildman–Crippen MR) is 145 cm³/mol. The first-order valence-electron chi connectivity index (χ1n) is 13.1. The number of methoxy groups -OCH3 is 1. The van der Waals surface area contributed by atoms with Gasteiger partial charge < -0.3 is 9.47 Å². The summed E-state index contributed by atoms with van der Waals surface area (Å²) in [5, 5.41) is 4.54. The van der Waals surface area contributed by atoms with Crippen LogP contribution in [0.4, 0.5) is 8.78 Å². The maximum atomic E-state index is 14.9. The number of fused-ring (bicyclic) bond motifs is 1. The molecule has 1 aliphatic heterocycles. The first-order valence-corrected chi connectivity index (χ1v) is 13.1. The van der Waals surface area contributed by atoms with Crippen molar-refractivity contribution in [2.75, 3.05) is 13.7 Å². The summed E-state index contributed by atoms with van der Waals surface area (Å²) in [6, 6.07) is 11.3. The van der Waals surface area contributed by atoms with E-state index in [1.807, 2.05) is 55.2 Å². The fourth-order valence-corrected chi connectivity index (χ4v) is 4.99. The van der Waals surface area contributed by atoms with Gasteiger partial charge in [-0.2, -0.15) is 5.10 Å². The molecular formula is C30H28F2N6O2. The highest BCUT2D eigenvalue weighted by Crippen LogP contribution is 2.38. The van der Waals surface area contributed by atoms with Crippen LogP contribution >= 0.6 is 0 Å². The van der Waals surface area contributed by atoms with Gasteiger partial charge in [-0.3, -0.25) is 4.68 Å². The average molecular weight is 543 g/mol. The Bertz CT molecular complexity index is 1690. The molecule has 5 aromatic rings. The van der Waals surface area contributed by atoms with Gasteiger partial charge >= 0.3 is 0 Å². The molecule has 2 atom stereocenters. The minimum Gasteiger partial charge on any atom is -0.497 e. The number of aromatic nitrogens is 6. The lowest BCUT2D eigenvalue weighted by atomic mass is 9.92. The van der Waals surface area contributed by atoms with Crippen LogP contribution in [-0.2, 0) is 11.3 Å². The van der Waals surface area contributed by atoms with Crippen molar-refractivity contribution < 1.29 is 18.3 Å². The van der Waals surface area contributed by atoms with Crippen LogP contribution in [0.15, 0.2) is 54.9 Å². The van der Waals surface area contributed by atoms with Crippen LogP contribution < -0.4 is 4.74 Å². The highest BCUT2D eigenvalue weighted by molar-refractivity contribution is 5.87. The van der Waals surface area contributed by atoms with Crippen molar-refractivity contribution in [3.05, 3.63) is 94.8 Å². The van der Waals surface area contributed by atoms with Gasteiger partial charge in [0.25, 0.3) is 0 Å². The number of ether oxygens (including phenoxy) is 2. The van der Waals surface area contributed by atoms with Crippen LogP contribution in [-0.4, -0.2) is 43.4 Å². The zero-order valence-corrected chi connectivity index (χ0v) is 22.4. The Hall–Kier alpha value is -4.31. The molecular weight excluding hydrogens is 514 g/mol. The quantitative estimate of drug-likeness (QED) is 0.265. The second-order valence-corrected chi connectivity index (χ2v) is 10.0. The first-order chi connectivity index (χ1) is 19.4. The van der Waals surface area contributed by atoms with E-state index in [4.69, 9.17) is 19.4 Å². The summed E-state index contributed by atoms with van der Waals surface area (Å²) in [5.41, 5.74) is 4.76. The van der Waals surface area contributed by atoms with Crippen molar-refractivity contribution in [2.24, 2.45) is 0 Å². The van der Waals surface area contributed by atoms with Crippen LogP contribution in [0, 0.1) is 25.5 Å². The summed E-state index contributed by atoms with van der Waals surface area (Å²) in [5.74, 6) is -0.0663. The molecule has 0 radical (unpaired) electrons. The number of nitrogens with zero attached hydrogens (tertiary/aromatic N) is 6. The summed E-state index contributed by atoms with van der Waals surface area (Å²) in [4.78, 5) is 18.8. The lowest BCUT2D eigenvalue weighted by Crippen LogP contribution is -2.20. The first kappa shape index (κ1) is 25.9. The Morgan fingerprint density at radius 1 is 1.00 bits per heavy atom. The van der Waals surface area contributed by atoms with E-state index in [1.54, 1.807) is 7.11 Å². The summed E-state index contributed by atoms with van der Waals surface area (Å²) in [6.45, 7) is 4.82. The molecule has 4 heterocycles. The smallest absolute Gasteiger partial charge is 0.182 e. The van der Waals surface area contributed by atoms with Crippen LogP contribution in [0.3, 0.4) is 0 Å². The Labute approximate surface area is 230 Å². The molecule has 1 saturated heterocycles. The van der Waals surface area contributed by atoms with Gasteiger partial charge in [-0.1, -0.05) is 12.1 Å². The monoisotopic (exact) mass is 542 g/mol. The van der Waals surface area contributed by atoms with Gasteiger partial charge in [0.15, 0.2) is 5.65 Å². The maximum absolute atomic E-state index is 14.9. The van der Waals surface area contributed by atoms with Crippen LogP contribution in [0.5, 0.6) is 5.75 Å². The molecule has 0 spiro atoms. The van der Waals surface area contributed by atoms with Crippen molar-refractivity contribution in [3.63, 3.8) is 0 Å². The van der Waals surface area contributed by atoms with Gasteiger partial charge in [-0.15, -0.1) is 0 Å². The van der Waals surface area contributed by atoms with Gasteiger partial charge in [-0.05, 0) is 56.5 Å². The molecule has 6 rings (SSSR count). The second kappa shape index (κ2) is 10.7. The number of benzene rings is 2. The molecule has 8 nitrogen and oxygen atoms in total. The zero-order valence-electron chi connectivity index (χ0n) is 22.4. The van der Waals surface area contributed by atoms with Crippen LogP contribution in [0.2, 0.25) is 0 Å². The molecule has 2 aromatic carbocycles. The minimum absolute atomic E-state index is 0.0567. The standard InChI is InChI=1S/C30H28F2N6O2/c1-17-18(2)35-30-28(34-17)27(24-9-6-22(31)13-25(24)32)36-29(37-30)20-10-11-40-26(12-20)21-14-33-38(16-21)15-19-4-7-23(39-3)8-5-19/h4-9,13-14,16,20,26H,10-12,15H2,1-3H3/t20-,26-/m1/s1. The van der Waals surface area contributed by atoms with E-state index in [2.05, 4.69) is 15.1 Å². The average Bonchev–Trinajstić information content (AvgIpc) is 3.42. The van der Waals surface area contributed by atoms with Gasteiger partial charge in [0.1, 0.15) is 34.4 Å². The van der Waals surface area contributed by atoms with E-state index in [9.17, 15) is 8.78 Å². The number of halogens is 2. The third kappa shape index (κ3) is 5.14. The van der Waals surface area contributed by atoms with E-state index >= 15 is 0 Å². The SMILES string of the molecule is COc1ccc(Cn2cc([C@H]3C[C@H](c4nc(-c5ccc(F)cc5F)c5nc(C)c(C)nc5n4)CCO3)cn2)cc1. The normalized spacial score (nSPS) is 17.3. The lowest BCUT2D eigenvalue weighted by molar-refractivity contribution is 0.00397. The van der Waals surface area contributed by atoms with Gasteiger partial charge in [0.2, 0.25) is 0 Å². The van der Waals surface area contributed by atoms with Crippen molar-refractivity contribution in [2.45, 2.75) is 45.3 Å². The largest absolute Gasteiger partial charge is 0.497 e. The third-order valence-electron chi connectivity index (χ3n) is 7.32. The molecule has 10 heteroatoms. The summed E-state index contributed by atoms with van der Waals surface area (Å²) in [6.07, 6.45) is 4.96. The predicted octanol–water partition coefficient (Wildman–Crippen LogP) is 5.87. The van der Waals surface area contributed by atoms with E-state index in [1.165, 1.54) is 12.1 Å². The molecule has 0 aliphatic carbocycles. The minimum atomic E-state index is -0.708. The number of hydrogen-bond acceptors (Lipinski definition) is 7. The maximum Gasteiger partial charge on any atom is 0.182 e. The van der Waals surface area contributed by atoms with Crippen molar-refractivity contribution in [1.29, 1.82) is 0 Å². The number of hydrogen-bond donors (Lipinski definition) is 0. The Balaban J connectivity index is 1.30. The topological polar surface area (TPSA) is 87.8 Å². The van der Waals surface area contributed by atoms with E-state index in [-0.39, 0.29) is 17.6 Å². The Morgan fingerprint density at radius 2 is 1.80 bits per heavy atom. The molecule has 0 saturated carbocycles. The third-order valence-corrected chi connectivity index (χ3v) is 7.32. The molecule has 0 bridgehead atoms. The van der Waals surface area contributed by atoms with Crippen LogP contribution in [0.25, 0.3) is 22.4 Å². The summed E-state index contributed by atoms with van der Waals surface area (Å²) >= 11 is 0. The van der Waals surface area contributed by atoms with Crippen molar-refractivity contribution in [1.82, 2.24) is 29.7 Å². The van der Waals surface area contributed by atoms with Crippen LogP contribution in [0.1, 0.15) is 53.2 Å². The van der Waals surface area contributed by atoms with Gasteiger partial charge in [0, 0.05) is 35.9 Å². The van der Waals surface area contributed by atoms with Crippen molar-refractivity contribution in [3.8, 4) is 17.0 Å². The Kier molecular flexibility index (Phi) is 6.93.